The second kappa shape index (κ2) is 20.4. The first kappa shape index (κ1) is 41.7. The van der Waals surface area contributed by atoms with Crippen molar-refractivity contribution >= 4 is 58.2 Å². The maximum atomic E-state index is 13.7. The summed E-state index contributed by atoms with van der Waals surface area (Å²) in [6.07, 6.45) is 4.65. The molecule has 296 valence electrons. The maximum absolute atomic E-state index is 13.7. The van der Waals surface area contributed by atoms with Gasteiger partial charge in [0.15, 0.2) is 0 Å². The minimum Gasteiger partial charge on any atom is -0.368 e. The Bertz CT molecular complexity index is 2020. The highest BCUT2D eigenvalue weighted by Gasteiger charge is 2.29. The molecule has 19 nitrogen and oxygen atoms in total. The SMILES string of the molecule is CC(=O)NCC(=O)NCC(=O)N[C@@H](Cc1cnc[nH]1)C(=O)N[C@H](Cc1ccccc1)C(=O)NCC(=O)N(C)CC(=O)N[C@@H](Cc1c[nH]c2ccccc12)C(N)=O. The summed E-state index contributed by atoms with van der Waals surface area (Å²) in [5.41, 5.74) is 8.38. The number of carbonyl (C=O) groups is 8. The van der Waals surface area contributed by atoms with Crippen LogP contribution < -0.4 is 37.6 Å². The fraction of sp³-hybridized carbons (Fsp3) is 0.324. The van der Waals surface area contributed by atoms with E-state index in [4.69, 9.17) is 5.73 Å². The third-order valence-electron chi connectivity index (χ3n) is 8.49. The molecule has 4 aromatic rings. The lowest BCUT2D eigenvalue weighted by Gasteiger charge is -2.24. The molecule has 2 heterocycles. The first-order chi connectivity index (χ1) is 26.8. The van der Waals surface area contributed by atoms with Crippen LogP contribution in [0.5, 0.6) is 0 Å². The van der Waals surface area contributed by atoms with Crippen molar-refractivity contribution in [1.29, 1.82) is 0 Å². The second-order valence-corrected chi connectivity index (χ2v) is 12.9. The molecule has 0 aliphatic heterocycles. The van der Waals surface area contributed by atoms with Gasteiger partial charge in [-0.25, -0.2) is 4.98 Å². The van der Waals surface area contributed by atoms with E-state index >= 15 is 0 Å². The number of H-pyrrole nitrogens is 2. The number of aromatic amines is 2. The summed E-state index contributed by atoms with van der Waals surface area (Å²) in [5.74, 6) is -5.29. The van der Waals surface area contributed by atoms with Crippen LogP contribution in [0.3, 0.4) is 0 Å². The molecule has 3 atom stereocenters. The van der Waals surface area contributed by atoms with Gasteiger partial charge in [0.25, 0.3) is 0 Å². The highest BCUT2D eigenvalue weighted by molar-refractivity contribution is 5.95. The molecule has 8 amide bonds. The lowest BCUT2D eigenvalue weighted by molar-refractivity contribution is -0.136. The van der Waals surface area contributed by atoms with Crippen molar-refractivity contribution in [2.75, 3.05) is 33.2 Å². The summed E-state index contributed by atoms with van der Waals surface area (Å²) in [6, 6.07) is 12.7. The second-order valence-electron chi connectivity index (χ2n) is 12.9. The molecule has 19 heteroatoms. The van der Waals surface area contributed by atoms with Gasteiger partial charge in [0.2, 0.25) is 47.3 Å². The van der Waals surface area contributed by atoms with E-state index in [-0.39, 0.29) is 25.8 Å². The highest BCUT2D eigenvalue weighted by atomic mass is 16.2. The molecule has 56 heavy (non-hydrogen) atoms. The number of hydrogen-bond donors (Lipinski definition) is 9. The van der Waals surface area contributed by atoms with E-state index < -0.39 is 85.0 Å². The quantitative estimate of drug-likeness (QED) is 0.0466. The normalized spacial score (nSPS) is 12.3. The lowest BCUT2D eigenvalue weighted by atomic mass is 10.0. The van der Waals surface area contributed by atoms with E-state index in [2.05, 4.69) is 46.9 Å². The molecule has 4 rings (SSSR count). The van der Waals surface area contributed by atoms with Crippen LogP contribution >= 0.6 is 0 Å². The van der Waals surface area contributed by atoms with Gasteiger partial charge < -0.3 is 52.5 Å². The van der Waals surface area contributed by atoms with Gasteiger partial charge in [0, 0.05) is 62.2 Å². The fourth-order valence-corrected chi connectivity index (χ4v) is 5.56. The number of nitrogens with two attached hydrogens (primary N) is 1. The van der Waals surface area contributed by atoms with Crippen molar-refractivity contribution < 1.29 is 38.4 Å². The van der Waals surface area contributed by atoms with Crippen molar-refractivity contribution in [3.63, 3.8) is 0 Å². The average Bonchev–Trinajstić information content (AvgIpc) is 3.84. The third kappa shape index (κ3) is 13.1. The van der Waals surface area contributed by atoms with E-state index in [1.165, 1.54) is 26.5 Å². The van der Waals surface area contributed by atoms with E-state index in [0.29, 0.717) is 11.3 Å². The number of aromatic nitrogens is 3. The number of nitrogens with one attached hydrogen (secondary N) is 8. The number of carbonyl (C=O) groups excluding carboxylic acids is 8. The zero-order chi connectivity index (χ0) is 40.6. The molecule has 0 bridgehead atoms. The van der Waals surface area contributed by atoms with Crippen LogP contribution in [0.1, 0.15) is 23.7 Å². The molecule has 0 spiro atoms. The molecular weight excluding hydrogens is 726 g/mol. The van der Waals surface area contributed by atoms with Gasteiger partial charge >= 0.3 is 0 Å². The largest absolute Gasteiger partial charge is 0.368 e. The van der Waals surface area contributed by atoms with E-state index in [1.54, 1.807) is 36.5 Å². The Labute approximate surface area is 321 Å². The Kier molecular flexibility index (Phi) is 15.2. The van der Waals surface area contributed by atoms with Gasteiger partial charge in [-0.05, 0) is 17.2 Å². The average molecular weight is 772 g/mol. The Balaban J connectivity index is 1.36. The molecule has 0 aliphatic rings. The number of hydrogen-bond acceptors (Lipinski definition) is 9. The fourth-order valence-electron chi connectivity index (χ4n) is 5.56. The molecule has 10 N–H and O–H groups in total. The Hall–Kier alpha value is -7.05. The molecule has 0 radical (unpaired) electrons. The van der Waals surface area contributed by atoms with Crippen LogP contribution in [0.4, 0.5) is 0 Å². The van der Waals surface area contributed by atoms with E-state index in [9.17, 15) is 38.4 Å². The van der Waals surface area contributed by atoms with Gasteiger partial charge in [0.05, 0.1) is 32.5 Å². The van der Waals surface area contributed by atoms with Gasteiger partial charge in [-0.2, -0.15) is 0 Å². The predicted molar refractivity (Wildman–Crippen MR) is 202 cm³/mol. The first-order valence-corrected chi connectivity index (χ1v) is 17.6. The van der Waals surface area contributed by atoms with Gasteiger partial charge in [0.1, 0.15) is 18.1 Å². The number of benzene rings is 2. The van der Waals surface area contributed by atoms with Crippen molar-refractivity contribution in [3.05, 3.63) is 90.1 Å². The number of likely N-dealkylation sites (N-methyl/N-ethyl adjacent to an activating group) is 1. The first-order valence-electron chi connectivity index (χ1n) is 17.6. The summed E-state index contributed by atoms with van der Waals surface area (Å²) in [7, 11) is 1.35. The summed E-state index contributed by atoms with van der Waals surface area (Å²) in [5, 5.41) is 15.8. The van der Waals surface area contributed by atoms with Crippen molar-refractivity contribution in [2.24, 2.45) is 5.73 Å². The predicted octanol–water partition coefficient (Wildman–Crippen LogP) is -2.31. The summed E-state index contributed by atoms with van der Waals surface area (Å²) in [4.78, 5) is 112. The number of fused-ring (bicyclic) bond motifs is 1. The Morgan fingerprint density at radius 1 is 0.714 bits per heavy atom. The maximum Gasteiger partial charge on any atom is 0.243 e. The molecule has 0 saturated carbocycles. The number of nitrogens with zero attached hydrogens (tertiary/aromatic N) is 2. The Morgan fingerprint density at radius 3 is 2.09 bits per heavy atom. The molecule has 0 aliphatic carbocycles. The van der Waals surface area contributed by atoms with E-state index in [1.807, 2.05) is 24.3 Å². The summed E-state index contributed by atoms with van der Waals surface area (Å²) < 4.78 is 0. The van der Waals surface area contributed by atoms with Crippen LogP contribution in [0.25, 0.3) is 10.9 Å². The van der Waals surface area contributed by atoms with Crippen molar-refractivity contribution in [3.8, 4) is 0 Å². The van der Waals surface area contributed by atoms with Crippen LogP contribution in [0.2, 0.25) is 0 Å². The standard InChI is InChI=1S/C37H45N11O8/c1-22(49)40-17-31(50)42-18-32(51)46-30(14-25-16-39-21-44-25)37(56)47-29(12-23-8-4-3-5-9-23)36(55)43-19-34(53)48(2)20-33(52)45-28(35(38)54)13-24-15-41-27-11-7-6-10-26(24)27/h3-11,15-16,21,28-30,41H,12-14,17-20H2,1-2H3,(H2,38,54)(H,39,44)(H,40,49)(H,42,50)(H,43,55)(H,45,52)(H,46,51)(H,47,56)/t28-,29+,30-/m0/s1. The topological polar surface area (TPSA) is 282 Å². The van der Waals surface area contributed by atoms with Crippen LogP contribution in [0, 0.1) is 0 Å². The Morgan fingerprint density at radius 2 is 1.39 bits per heavy atom. The minimum absolute atomic E-state index is 0.0136. The van der Waals surface area contributed by atoms with Crippen molar-refractivity contribution in [1.82, 2.24) is 51.8 Å². The van der Waals surface area contributed by atoms with Gasteiger partial charge in [-0.15, -0.1) is 0 Å². The summed E-state index contributed by atoms with van der Waals surface area (Å²) in [6.45, 7) is -0.589. The lowest BCUT2D eigenvalue weighted by Crippen LogP contribution is -2.56. The number of primary amides is 1. The number of rotatable bonds is 20. The molecule has 0 saturated heterocycles. The zero-order valence-corrected chi connectivity index (χ0v) is 30.8. The molecule has 0 unspecified atom stereocenters. The van der Waals surface area contributed by atoms with Gasteiger partial charge in [-0.3, -0.25) is 38.4 Å². The molecular formula is C37H45N11O8. The number of imidazole rings is 1. The van der Waals surface area contributed by atoms with Crippen LogP contribution in [-0.4, -0.2) is 118 Å². The van der Waals surface area contributed by atoms with E-state index in [0.717, 1.165) is 21.4 Å². The zero-order valence-electron chi connectivity index (χ0n) is 30.8. The van der Waals surface area contributed by atoms with Crippen molar-refractivity contribution in [2.45, 2.75) is 44.3 Å². The number of para-hydroxylation sites is 1. The van der Waals surface area contributed by atoms with Gasteiger partial charge in [-0.1, -0.05) is 48.5 Å². The third-order valence-corrected chi connectivity index (χ3v) is 8.49. The smallest absolute Gasteiger partial charge is 0.243 e. The summed E-state index contributed by atoms with van der Waals surface area (Å²) >= 11 is 0. The van der Waals surface area contributed by atoms with Crippen LogP contribution in [-0.2, 0) is 57.6 Å². The molecule has 2 aromatic carbocycles. The van der Waals surface area contributed by atoms with Crippen LogP contribution in [0.15, 0.2) is 73.3 Å². The number of amides is 8. The minimum atomic E-state index is -1.23. The monoisotopic (exact) mass is 771 g/mol. The highest BCUT2D eigenvalue weighted by Crippen LogP contribution is 2.19. The molecule has 2 aromatic heterocycles. The molecule has 0 fully saturated rings.